The van der Waals surface area contributed by atoms with Crippen molar-refractivity contribution in [3.05, 3.63) is 33.7 Å². The van der Waals surface area contributed by atoms with E-state index in [1.165, 1.54) is 0 Å². The number of carbonyl (C=O) groups is 1. The highest BCUT2D eigenvalue weighted by atomic mass is 16.1. The van der Waals surface area contributed by atoms with Crippen molar-refractivity contribution in [3.8, 4) is 0 Å². The molecule has 1 rings (SSSR count). The number of unbranched alkanes of at least 4 members (excludes halogenated alkanes) is 1. The van der Waals surface area contributed by atoms with Crippen molar-refractivity contribution in [2.45, 2.75) is 33.2 Å². The number of hydrogen-bond acceptors (Lipinski definition) is 2. The van der Waals surface area contributed by atoms with Crippen LogP contribution in [0.5, 0.6) is 0 Å². The third-order valence-electron chi connectivity index (χ3n) is 2.28. The van der Waals surface area contributed by atoms with Crippen molar-refractivity contribution >= 4 is 6.29 Å². The van der Waals surface area contributed by atoms with Crippen molar-refractivity contribution in [1.29, 1.82) is 0 Å². The van der Waals surface area contributed by atoms with Crippen LogP contribution in [-0.2, 0) is 6.54 Å². The predicted molar refractivity (Wildman–Crippen MR) is 55.7 cm³/mol. The van der Waals surface area contributed by atoms with Crippen LogP contribution in [0, 0.1) is 6.92 Å². The number of hydrogen-bond donors (Lipinski definition) is 0. The Morgan fingerprint density at radius 3 is 2.71 bits per heavy atom. The Labute approximate surface area is 83.4 Å². The fourth-order valence-corrected chi connectivity index (χ4v) is 1.37. The van der Waals surface area contributed by atoms with Crippen molar-refractivity contribution in [2.75, 3.05) is 0 Å². The van der Waals surface area contributed by atoms with Crippen LogP contribution in [0.3, 0.4) is 0 Å². The van der Waals surface area contributed by atoms with Gasteiger partial charge in [0.05, 0.1) is 5.56 Å². The zero-order valence-electron chi connectivity index (χ0n) is 8.62. The third-order valence-corrected chi connectivity index (χ3v) is 2.28. The summed E-state index contributed by atoms with van der Waals surface area (Å²) >= 11 is 0. The molecule has 0 fully saturated rings. The molecule has 0 bridgehead atoms. The molecule has 0 aliphatic heterocycles. The molecule has 1 aromatic rings. The van der Waals surface area contributed by atoms with Crippen LogP contribution in [0.2, 0.25) is 0 Å². The summed E-state index contributed by atoms with van der Waals surface area (Å²) in [6.45, 7) is 4.65. The van der Waals surface area contributed by atoms with E-state index in [-0.39, 0.29) is 11.1 Å². The number of pyridine rings is 1. The Morgan fingerprint density at radius 1 is 1.43 bits per heavy atom. The minimum atomic E-state index is -0.173. The second kappa shape index (κ2) is 4.74. The molecule has 0 atom stereocenters. The summed E-state index contributed by atoms with van der Waals surface area (Å²) in [4.78, 5) is 22.2. The summed E-state index contributed by atoms with van der Waals surface area (Å²) in [7, 11) is 0. The van der Waals surface area contributed by atoms with Gasteiger partial charge in [-0.15, -0.1) is 0 Å². The molecule has 14 heavy (non-hydrogen) atoms. The van der Waals surface area contributed by atoms with E-state index in [2.05, 4.69) is 6.92 Å². The molecular formula is C11H15NO2. The highest BCUT2D eigenvalue weighted by Gasteiger charge is 2.04. The van der Waals surface area contributed by atoms with Gasteiger partial charge >= 0.3 is 0 Å². The molecule has 0 aliphatic rings. The summed E-state index contributed by atoms with van der Waals surface area (Å²) in [6.07, 6.45) is 2.62. The van der Waals surface area contributed by atoms with Crippen LogP contribution in [0.1, 0.15) is 35.8 Å². The average molecular weight is 193 g/mol. The number of rotatable bonds is 4. The van der Waals surface area contributed by atoms with E-state index in [0.29, 0.717) is 12.8 Å². The Morgan fingerprint density at radius 2 is 2.14 bits per heavy atom. The number of carbonyl (C=O) groups excluding carboxylic acids is 1. The van der Waals surface area contributed by atoms with E-state index >= 15 is 0 Å². The second-order valence-corrected chi connectivity index (χ2v) is 3.36. The Hall–Kier alpha value is -1.38. The first kappa shape index (κ1) is 10.7. The molecule has 0 aromatic carbocycles. The first-order valence-corrected chi connectivity index (χ1v) is 4.86. The Bertz CT molecular complexity index is 379. The van der Waals surface area contributed by atoms with E-state index in [4.69, 9.17) is 0 Å². The molecule has 0 radical (unpaired) electrons. The van der Waals surface area contributed by atoms with Crippen LogP contribution in [-0.4, -0.2) is 10.9 Å². The molecule has 1 aromatic heterocycles. The van der Waals surface area contributed by atoms with E-state index in [9.17, 15) is 9.59 Å². The molecule has 1 heterocycles. The number of nitrogens with zero attached hydrogens (tertiary/aromatic N) is 1. The highest BCUT2D eigenvalue weighted by Crippen LogP contribution is 1.99. The summed E-state index contributed by atoms with van der Waals surface area (Å²) in [5, 5.41) is 0. The fraction of sp³-hybridized carbons (Fsp3) is 0.455. The van der Waals surface area contributed by atoms with Gasteiger partial charge < -0.3 is 4.57 Å². The molecular weight excluding hydrogens is 178 g/mol. The zero-order valence-corrected chi connectivity index (χ0v) is 8.62. The standard InChI is InChI=1S/C11H15NO2/c1-3-4-7-12-9(2)5-6-10(8-13)11(12)14/h5-6,8H,3-4,7H2,1-2H3. The fourth-order valence-electron chi connectivity index (χ4n) is 1.37. The summed E-state index contributed by atoms with van der Waals surface area (Å²) in [5.74, 6) is 0. The van der Waals surface area contributed by atoms with Crippen molar-refractivity contribution in [3.63, 3.8) is 0 Å². The lowest BCUT2D eigenvalue weighted by Crippen LogP contribution is -2.25. The number of aldehydes is 1. The quantitative estimate of drug-likeness (QED) is 0.683. The van der Waals surface area contributed by atoms with Crippen LogP contribution < -0.4 is 5.56 Å². The van der Waals surface area contributed by atoms with E-state index < -0.39 is 0 Å². The van der Waals surface area contributed by atoms with Gasteiger partial charge in [0.1, 0.15) is 0 Å². The van der Waals surface area contributed by atoms with Crippen LogP contribution in [0.25, 0.3) is 0 Å². The maximum atomic E-state index is 11.7. The lowest BCUT2D eigenvalue weighted by molar-refractivity contribution is 0.112. The topological polar surface area (TPSA) is 39.1 Å². The normalized spacial score (nSPS) is 10.1. The van der Waals surface area contributed by atoms with Crippen LogP contribution in [0.4, 0.5) is 0 Å². The van der Waals surface area contributed by atoms with Crippen molar-refractivity contribution < 1.29 is 4.79 Å². The second-order valence-electron chi connectivity index (χ2n) is 3.36. The monoisotopic (exact) mass is 193 g/mol. The minimum absolute atomic E-state index is 0.173. The molecule has 0 spiro atoms. The third kappa shape index (κ3) is 2.10. The summed E-state index contributed by atoms with van der Waals surface area (Å²) in [6, 6.07) is 3.38. The highest BCUT2D eigenvalue weighted by molar-refractivity contribution is 5.73. The smallest absolute Gasteiger partial charge is 0.261 e. The predicted octanol–water partition coefficient (Wildman–Crippen LogP) is 1.77. The molecule has 0 amide bonds. The lowest BCUT2D eigenvalue weighted by atomic mass is 10.2. The average Bonchev–Trinajstić information content (AvgIpc) is 2.18. The zero-order chi connectivity index (χ0) is 10.6. The van der Waals surface area contributed by atoms with Gasteiger partial charge in [-0.1, -0.05) is 13.3 Å². The van der Waals surface area contributed by atoms with Gasteiger partial charge in [-0.2, -0.15) is 0 Å². The molecule has 3 heteroatoms. The van der Waals surface area contributed by atoms with Gasteiger partial charge in [-0.3, -0.25) is 9.59 Å². The number of aryl methyl sites for hydroxylation is 1. The van der Waals surface area contributed by atoms with Crippen molar-refractivity contribution in [2.24, 2.45) is 0 Å². The van der Waals surface area contributed by atoms with Crippen LogP contribution in [0.15, 0.2) is 16.9 Å². The van der Waals surface area contributed by atoms with Crippen molar-refractivity contribution in [1.82, 2.24) is 4.57 Å². The molecule has 0 saturated heterocycles. The first-order chi connectivity index (χ1) is 6.70. The molecule has 0 aliphatic carbocycles. The Kier molecular flexibility index (Phi) is 3.63. The van der Waals surface area contributed by atoms with Gasteiger partial charge in [0.2, 0.25) is 0 Å². The SMILES string of the molecule is CCCCn1c(C)ccc(C=O)c1=O. The molecule has 0 saturated carbocycles. The van der Waals surface area contributed by atoms with Gasteiger partial charge in [0.15, 0.2) is 6.29 Å². The Balaban J connectivity index is 3.12. The van der Waals surface area contributed by atoms with Gasteiger partial charge in [-0.05, 0) is 25.5 Å². The van der Waals surface area contributed by atoms with Crippen LogP contribution >= 0.6 is 0 Å². The first-order valence-electron chi connectivity index (χ1n) is 4.86. The number of aromatic nitrogens is 1. The minimum Gasteiger partial charge on any atom is -0.312 e. The van der Waals surface area contributed by atoms with E-state index in [1.54, 1.807) is 16.7 Å². The lowest BCUT2D eigenvalue weighted by Gasteiger charge is -2.08. The van der Waals surface area contributed by atoms with Gasteiger partial charge in [0, 0.05) is 12.2 Å². The maximum Gasteiger partial charge on any atom is 0.261 e. The molecule has 76 valence electrons. The van der Waals surface area contributed by atoms with Gasteiger partial charge in [-0.25, -0.2) is 0 Å². The molecule has 3 nitrogen and oxygen atoms in total. The summed E-state index contributed by atoms with van der Waals surface area (Å²) < 4.78 is 1.66. The molecule has 0 N–H and O–H groups in total. The van der Waals surface area contributed by atoms with E-state index in [1.807, 2.05) is 6.92 Å². The molecule has 0 unspecified atom stereocenters. The van der Waals surface area contributed by atoms with Gasteiger partial charge in [0.25, 0.3) is 5.56 Å². The summed E-state index contributed by atoms with van der Waals surface area (Å²) in [5.41, 5.74) is 0.981. The largest absolute Gasteiger partial charge is 0.312 e. The van der Waals surface area contributed by atoms with E-state index in [0.717, 1.165) is 18.5 Å². The maximum absolute atomic E-state index is 11.7.